The molecule has 0 bridgehead atoms. The van der Waals surface area contributed by atoms with Gasteiger partial charge in [0.2, 0.25) is 0 Å². The SMILES string of the molecule is CC1CNC(C)(CC2CCC2)S1. The highest BCUT2D eigenvalue weighted by Gasteiger charge is 2.36. The number of rotatable bonds is 2. The van der Waals surface area contributed by atoms with E-state index >= 15 is 0 Å². The quantitative estimate of drug-likeness (QED) is 0.710. The van der Waals surface area contributed by atoms with E-state index in [1.54, 1.807) is 0 Å². The van der Waals surface area contributed by atoms with E-state index < -0.39 is 0 Å². The van der Waals surface area contributed by atoms with Crippen LogP contribution in [0.5, 0.6) is 0 Å². The second-order valence-corrected chi connectivity index (χ2v) is 6.48. The standard InChI is InChI=1S/C10H19NS/c1-8-7-11-10(2,12-8)6-9-4-3-5-9/h8-9,11H,3-7H2,1-2H3. The molecule has 0 amide bonds. The summed E-state index contributed by atoms with van der Waals surface area (Å²) in [6, 6.07) is 0. The van der Waals surface area contributed by atoms with Gasteiger partial charge < -0.3 is 5.32 Å². The van der Waals surface area contributed by atoms with Gasteiger partial charge in [-0.25, -0.2) is 0 Å². The molecule has 2 unspecified atom stereocenters. The molecule has 0 aromatic carbocycles. The Morgan fingerprint density at radius 3 is 2.67 bits per heavy atom. The minimum absolute atomic E-state index is 0.407. The highest BCUT2D eigenvalue weighted by molar-refractivity contribution is 8.01. The fourth-order valence-corrected chi connectivity index (χ4v) is 3.81. The van der Waals surface area contributed by atoms with Crippen LogP contribution in [0.2, 0.25) is 0 Å². The highest BCUT2D eigenvalue weighted by atomic mass is 32.2. The van der Waals surface area contributed by atoms with Crippen LogP contribution in [-0.2, 0) is 0 Å². The molecule has 1 aliphatic carbocycles. The van der Waals surface area contributed by atoms with E-state index in [2.05, 4.69) is 30.9 Å². The lowest BCUT2D eigenvalue weighted by Gasteiger charge is -2.34. The minimum atomic E-state index is 0.407. The first-order valence-electron chi connectivity index (χ1n) is 5.11. The van der Waals surface area contributed by atoms with E-state index in [1.807, 2.05) is 0 Å². The Bertz CT molecular complexity index is 167. The Hall–Kier alpha value is 0.310. The molecule has 1 nitrogen and oxygen atoms in total. The predicted molar refractivity (Wildman–Crippen MR) is 55.4 cm³/mol. The van der Waals surface area contributed by atoms with Gasteiger partial charge in [-0.2, -0.15) is 0 Å². The monoisotopic (exact) mass is 185 g/mol. The number of thioether (sulfide) groups is 1. The molecule has 2 atom stereocenters. The Balaban J connectivity index is 1.84. The maximum atomic E-state index is 3.64. The summed E-state index contributed by atoms with van der Waals surface area (Å²) in [4.78, 5) is 0.407. The summed E-state index contributed by atoms with van der Waals surface area (Å²) in [6.07, 6.45) is 5.82. The van der Waals surface area contributed by atoms with Gasteiger partial charge in [0.15, 0.2) is 0 Å². The highest BCUT2D eigenvalue weighted by Crippen LogP contribution is 2.42. The zero-order chi connectivity index (χ0) is 8.60. The molecule has 2 rings (SSSR count). The predicted octanol–water partition coefficient (Wildman–Crippen LogP) is 2.62. The topological polar surface area (TPSA) is 12.0 Å². The Labute approximate surface area is 79.7 Å². The zero-order valence-corrected chi connectivity index (χ0v) is 8.91. The molecule has 0 radical (unpaired) electrons. The van der Waals surface area contributed by atoms with E-state index in [1.165, 1.54) is 32.2 Å². The summed E-state index contributed by atoms with van der Waals surface area (Å²) in [5.41, 5.74) is 0. The van der Waals surface area contributed by atoms with Crippen molar-refractivity contribution >= 4 is 11.8 Å². The van der Waals surface area contributed by atoms with Crippen molar-refractivity contribution in [1.82, 2.24) is 5.32 Å². The third-order valence-corrected chi connectivity index (χ3v) is 4.53. The van der Waals surface area contributed by atoms with Crippen LogP contribution in [0.4, 0.5) is 0 Å². The third kappa shape index (κ3) is 1.80. The smallest absolute Gasteiger partial charge is 0.0622 e. The van der Waals surface area contributed by atoms with Gasteiger partial charge in [0.1, 0.15) is 0 Å². The molecule has 0 spiro atoms. The maximum Gasteiger partial charge on any atom is 0.0622 e. The summed E-state index contributed by atoms with van der Waals surface area (Å²) >= 11 is 2.13. The molecule has 2 fully saturated rings. The number of hydrogen-bond donors (Lipinski definition) is 1. The van der Waals surface area contributed by atoms with Crippen molar-refractivity contribution in [3.05, 3.63) is 0 Å². The fraction of sp³-hybridized carbons (Fsp3) is 1.00. The first kappa shape index (κ1) is 8.89. The lowest BCUT2D eigenvalue weighted by Crippen LogP contribution is -2.37. The van der Waals surface area contributed by atoms with Crippen molar-refractivity contribution in [1.29, 1.82) is 0 Å². The molecule has 1 heterocycles. The zero-order valence-electron chi connectivity index (χ0n) is 8.10. The molecule has 12 heavy (non-hydrogen) atoms. The van der Waals surface area contributed by atoms with Crippen LogP contribution < -0.4 is 5.32 Å². The van der Waals surface area contributed by atoms with E-state index in [-0.39, 0.29) is 0 Å². The third-order valence-electron chi connectivity index (χ3n) is 3.13. The van der Waals surface area contributed by atoms with Gasteiger partial charge in [-0.3, -0.25) is 0 Å². The molecule has 1 saturated heterocycles. The molecule has 0 aromatic heterocycles. The van der Waals surface area contributed by atoms with Crippen LogP contribution >= 0.6 is 11.8 Å². The summed E-state index contributed by atoms with van der Waals surface area (Å²) in [7, 11) is 0. The normalized spacial score (nSPS) is 43.0. The minimum Gasteiger partial charge on any atom is -0.302 e. The molecule has 70 valence electrons. The molecule has 2 aliphatic rings. The van der Waals surface area contributed by atoms with Gasteiger partial charge in [-0.1, -0.05) is 26.2 Å². The van der Waals surface area contributed by atoms with E-state index in [9.17, 15) is 0 Å². The summed E-state index contributed by atoms with van der Waals surface area (Å²) in [5.74, 6) is 1.03. The average molecular weight is 185 g/mol. The van der Waals surface area contributed by atoms with Crippen molar-refractivity contribution < 1.29 is 0 Å². The van der Waals surface area contributed by atoms with Crippen molar-refractivity contribution in [2.75, 3.05) is 6.54 Å². The Kier molecular flexibility index (Phi) is 2.39. The summed E-state index contributed by atoms with van der Waals surface area (Å²) in [6.45, 7) is 5.90. The van der Waals surface area contributed by atoms with Crippen molar-refractivity contribution in [2.45, 2.75) is 49.7 Å². The molecular formula is C10H19NS. The van der Waals surface area contributed by atoms with Gasteiger partial charge in [-0.05, 0) is 19.3 Å². The summed E-state index contributed by atoms with van der Waals surface area (Å²) < 4.78 is 0. The van der Waals surface area contributed by atoms with Crippen LogP contribution in [0.15, 0.2) is 0 Å². The second-order valence-electron chi connectivity index (χ2n) is 4.54. The second kappa shape index (κ2) is 3.22. The van der Waals surface area contributed by atoms with Gasteiger partial charge in [0.25, 0.3) is 0 Å². The molecule has 1 saturated carbocycles. The lowest BCUT2D eigenvalue weighted by atomic mass is 9.81. The lowest BCUT2D eigenvalue weighted by molar-refractivity contribution is 0.258. The van der Waals surface area contributed by atoms with Gasteiger partial charge >= 0.3 is 0 Å². The van der Waals surface area contributed by atoms with Crippen molar-refractivity contribution in [2.24, 2.45) is 5.92 Å². The van der Waals surface area contributed by atoms with Crippen LogP contribution in [0, 0.1) is 5.92 Å². The molecule has 1 aliphatic heterocycles. The van der Waals surface area contributed by atoms with Crippen molar-refractivity contribution in [3.8, 4) is 0 Å². The molecular weight excluding hydrogens is 166 g/mol. The number of nitrogens with one attached hydrogen (secondary N) is 1. The van der Waals surface area contributed by atoms with Crippen LogP contribution in [0.25, 0.3) is 0 Å². The van der Waals surface area contributed by atoms with Crippen molar-refractivity contribution in [3.63, 3.8) is 0 Å². The van der Waals surface area contributed by atoms with E-state index in [0.29, 0.717) is 4.87 Å². The van der Waals surface area contributed by atoms with Gasteiger partial charge in [0.05, 0.1) is 4.87 Å². The maximum absolute atomic E-state index is 3.64. The summed E-state index contributed by atoms with van der Waals surface area (Å²) in [5, 5.41) is 4.46. The van der Waals surface area contributed by atoms with Gasteiger partial charge in [0, 0.05) is 11.8 Å². The molecule has 1 N–H and O–H groups in total. The average Bonchev–Trinajstić information content (AvgIpc) is 2.24. The molecule has 2 heteroatoms. The van der Waals surface area contributed by atoms with Crippen LogP contribution in [-0.4, -0.2) is 16.7 Å². The Morgan fingerprint density at radius 2 is 2.25 bits per heavy atom. The first-order valence-corrected chi connectivity index (χ1v) is 5.99. The van der Waals surface area contributed by atoms with Crippen LogP contribution in [0.3, 0.4) is 0 Å². The van der Waals surface area contributed by atoms with E-state index in [4.69, 9.17) is 0 Å². The largest absolute Gasteiger partial charge is 0.302 e. The fourth-order valence-electron chi connectivity index (χ4n) is 2.26. The van der Waals surface area contributed by atoms with Crippen LogP contribution in [0.1, 0.15) is 39.5 Å². The Morgan fingerprint density at radius 1 is 1.50 bits per heavy atom. The van der Waals surface area contributed by atoms with Gasteiger partial charge in [-0.15, -0.1) is 11.8 Å². The molecule has 0 aromatic rings. The first-order chi connectivity index (χ1) is 5.68. The number of hydrogen-bond acceptors (Lipinski definition) is 2. The van der Waals surface area contributed by atoms with E-state index in [0.717, 1.165) is 11.2 Å².